The molecule has 1 aromatic rings. The molecule has 0 aliphatic heterocycles. The van der Waals surface area contributed by atoms with E-state index in [2.05, 4.69) is 21.3 Å². The molecule has 0 aliphatic rings. The molecule has 0 unspecified atom stereocenters. The van der Waals surface area contributed by atoms with Crippen molar-refractivity contribution in [3.63, 3.8) is 0 Å². The zero-order valence-corrected chi connectivity index (χ0v) is 8.54. The maximum Gasteiger partial charge on any atom is 0.321 e. The molecule has 2 N–H and O–H groups in total. The van der Waals surface area contributed by atoms with Crippen molar-refractivity contribution in [2.75, 3.05) is 6.61 Å². The average Bonchev–Trinajstić information content (AvgIpc) is 2.04. The maximum atomic E-state index is 8.73. The number of nitrogens with zero attached hydrogens (tertiary/aromatic N) is 1. The lowest BCUT2D eigenvalue weighted by molar-refractivity contribution is 0.254. The molecule has 1 heterocycles. The number of aromatic nitrogens is 1. The summed E-state index contributed by atoms with van der Waals surface area (Å²) in [7, 11) is 0. The van der Waals surface area contributed by atoms with Crippen molar-refractivity contribution >= 4 is 18.5 Å². The third kappa shape index (κ3) is 5.08. The van der Waals surface area contributed by atoms with Gasteiger partial charge < -0.3 is 14.3 Å². The van der Waals surface area contributed by atoms with Crippen LogP contribution in [-0.2, 0) is 22.8 Å². The lowest BCUT2D eigenvalue weighted by Crippen LogP contribution is -1.98. The second-order valence-corrected chi connectivity index (χ2v) is 5.06. The quantitative estimate of drug-likeness (QED) is 0.735. The molecule has 0 aliphatic carbocycles. The fourth-order valence-electron chi connectivity index (χ4n) is 0.815. The van der Waals surface area contributed by atoms with Gasteiger partial charge in [-0.2, -0.15) is 0 Å². The Balaban J connectivity index is 2.33. The highest BCUT2D eigenvalue weighted by Gasteiger charge is 2.06. The molecule has 6 heteroatoms. The first-order valence-electron chi connectivity index (χ1n) is 3.68. The monoisotopic (exact) mass is 219 g/mol. The standard InChI is InChI=1S/C7H10NO3PS/c9-12(10,13)11-6-4-7-3-1-2-5-8-7/h1-3,5H,4,6H2,(H2,9,10,13). The van der Waals surface area contributed by atoms with Crippen LogP contribution in [0.1, 0.15) is 5.69 Å². The molecule has 0 fully saturated rings. The predicted molar refractivity (Wildman–Crippen MR) is 52.6 cm³/mol. The van der Waals surface area contributed by atoms with Gasteiger partial charge in [0.25, 0.3) is 0 Å². The highest BCUT2D eigenvalue weighted by molar-refractivity contribution is 8.06. The van der Waals surface area contributed by atoms with Crippen LogP contribution in [0.4, 0.5) is 0 Å². The van der Waals surface area contributed by atoms with Gasteiger partial charge in [-0.15, -0.1) is 0 Å². The Hall–Kier alpha value is -0.320. The smallest absolute Gasteiger partial charge is 0.321 e. The van der Waals surface area contributed by atoms with Crippen molar-refractivity contribution in [3.8, 4) is 0 Å². The van der Waals surface area contributed by atoms with E-state index in [0.717, 1.165) is 5.69 Å². The Morgan fingerprint density at radius 1 is 1.46 bits per heavy atom. The summed E-state index contributed by atoms with van der Waals surface area (Å²) in [5.41, 5.74) is 0.839. The zero-order valence-electron chi connectivity index (χ0n) is 6.83. The Morgan fingerprint density at radius 2 is 2.23 bits per heavy atom. The molecule has 1 rings (SSSR count). The fraction of sp³-hybridized carbons (Fsp3) is 0.286. The average molecular weight is 219 g/mol. The van der Waals surface area contributed by atoms with E-state index in [4.69, 9.17) is 9.79 Å². The van der Waals surface area contributed by atoms with E-state index in [1.165, 1.54) is 0 Å². The molecular formula is C7H10NO3PS. The molecule has 0 bridgehead atoms. The lowest BCUT2D eigenvalue weighted by Gasteiger charge is -2.07. The van der Waals surface area contributed by atoms with Gasteiger partial charge in [0, 0.05) is 18.3 Å². The Kier molecular flexibility index (Phi) is 3.96. The van der Waals surface area contributed by atoms with Gasteiger partial charge in [0.05, 0.1) is 6.61 Å². The molecule has 0 atom stereocenters. The molecule has 72 valence electrons. The fourth-order valence-corrected chi connectivity index (χ4v) is 1.37. The maximum absolute atomic E-state index is 8.73. The van der Waals surface area contributed by atoms with Crippen LogP contribution in [0.5, 0.6) is 0 Å². The van der Waals surface area contributed by atoms with Crippen LogP contribution < -0.4 is 0 Å². The van der Waals surface area contributed by atoms with Gasteiger partial charge in [-0.1, -0.05) is 6.07 Å². The number of hydrogen-bond donors (Lipinski definition) is 2. The third-order valence-corrected chi connectivity index (χ3v) is 2.18. The normalized spacial score (nSPS) is 11.5. The summed E-state index contributed by atoms with van der Waals surface area (Å²) in [6.45, 7) is -3.32. The van der Waals surface area contributed by atoms with E-state index >= 15 is 0 Å². The first kappa shape index (κ1) is 10.8. The third-order valence-electron chi connectivity index (χ3n) is 1.34. The van der Waals surface area contributed by atoms with E-state index in [1.807, 2.05) is 18.2 Å². The van der Waals surface area contributed by atoms with Crippen LogP contribution >= 0.6 is 6.72 Å². The molecule has 1 aromatic heterocycles. The van der Waals surface area contributed by atoms with E-state index in [-0.39, 0.29) is 6.61 Å². The minimum Gasteiger partial charge on any atom is -0.325 e. The van der Waals surface area contributed by atoms with E-state index in [1.54, 1.807) is 6.20 Å². The summed E-state index contributed by atoms with van der Waals surface area (Å²) in [5.74, 6) is 0. The van der Waals surface area contributed by atoms with Gasteiger partial charge >= 0.3 is 6.72 Å². The Morgan fingerprint density at radius 3 is 2.77 bits per heavy atom. The van der Waals surface area contributed by atoms with Crippen LogP contribution in [-0.4, -0.2) is 21.4 Å². The lowest BCUT2D eigenvalue weighted by atomic mass is 10.3. The van der Waals surface area contributed by atoms with Crippen LogP contribution in [0.15, 0.2) is 24.4 Å². The van der Waals surface area contributed by atoms with Gasteiger partial charge in [0.2, 0.25) is 0 Å². The summed E-state index contributed by atoms with van der Waals surface area (Å²) in [5, 5.41) is 0. The summed E-state index contributed by atoms with van der Waals surface area (Å²) < 4.78 is 4.63. The molecule has 0 spiro atoms. The van der Waals surface area contributed by atoms with Gasteiger partial charge in [-0.3, -0.25) is 4.98 Å². The number of pyridine rings is 1. The van der Waals surface area contributed by atoms with E-state index in [9.17, 15) is 0 Å². The van der Waals surface area contributed by atoms with Crippen LogP contribution in [0.3, 0.4) is 0 Å². The van der Waals surface area contributed by atoms with Crippen LogP contribution in [0, 0.1) is 0 Å². The first-order valence-corrected chi connectivity index (χ1v) is 6.30. The van der Waals surface area contributed by atoms with Gasteiger partial charge in [0.15, 0.2) is 0 Å². The topological polar surface area (TPSA) is 62.6 Å². The number of rotatable bonds is 4. The summed E-state index contributed by atoms with van der Waals surface area (Å²) >= 11 is 4.28. The largest absolute Gasteiger partial charge is 0.325 e. The first-order chi connectivity index (χ1) is 6.08. The van der Waals surface area contributed by atoms with Gasteiger partial charge in [-0.25, -0.2) is 0 Å². The van der Waals surface area contributed by atoms with Crippen molar-refractivity contribution in [2.45, 2.75) is 6.42 Å². The van der Waals surface area contributed by atoms with Crippen molar-refractivity contribution < 1.29 is 14.3 Å². The van der Waals surface area contributed by atoms with Crippen molar-refractivity contribution in [1.82, 2.24) is 4.98 Å². The Labute approximate surface area is 81.5 Å². The molecule has 0 aromatic carbocycles. The SMILES string of the molecule is OP(O)(=S)OCCc1ccccn1. The highest BCUT2D eigenvalue weighted by Crippen LogP contribution is 2.36. The predicted octanol–water partition coefficient (Wildman–Crippen LogP) is 0.850. The summed E-state index contributed by atoms with van der Waals surface area (Å²) in [4.78, 5) is 21.5. The molecular weight excluding hydrogens is 209 g/mol. The Bertz CT molecular complexity index is 300. The minimum absolute atomic E-state index is 0.182. The van der Waals surface area contributed by atoms with Crippen LogP contribution in [0.2, 0.25) is 0 Å². The van der Waals surface area contributed by atoms with E-state index in [0.29, 0.717) is 6.42 Å². The summed E-state index contributed by atoms with van der Waals surface area (Å²) in [6, 6.07) is 5.50. The molecule has 0 radical (unpaired) electrons. The molecule has 13 heavy (non-hydrogen) atoms. The molecule has 0 amide bonds. The highest BCUT2D eigenvalue weighted by atomic mass is 32.5. The zero-order chi connectivity index (χ0) is 9.73. The second kappa shape index (κ2) is 4.79. The van der Waals surface area contributed by atoms with Gasteiger partial charge in [0.1, 0.15) is 0 Å². The second-order valence-electron chi connectivity index (χ2n) is 2.39. The minimum atomic E-state index is -3.50. The van der Waals surface area contributed by atoms with Crippen molar-refractivity contribution in [1.29, 1.82) is 0 Å². The van der Waals surface area contributed by atoms with Crippen molar-refractivity contribution in [3.05, 3.63) is 30.1 Å². The van der Waals surface area contributed by atoms with Gasteiger partial charge in [-0.05, 0) is 23.9 Å². The van der Waals surface area contributed by atoms with Crippen molar-refractivity contribution in [2.24, 2.45) is 0 Å². The van der Waals surface area contributed by atoms with E-state index < -0.39 is 6.72 Å². The molecule has 0 saturated heterocycles. The van der Waals surface area contributed by atoms with Crippen LogP contribution in [0.25, 0.3) is 0 Å². The molecule has 0 saturated carbocycles. The summed E-state index contributed by atoms with van der Waals surface area (Å²) in [6.07, 6.45) is 2.20. The molecule has 4 nitrogen and oxygen atoms in total. The number of hydrogen-bond acceptors (Lipinski definition) is 3.